The van der Waals surface area contributed by atoms with E-state index in [-0.39, 0.29) is 11.9 Å². The lowest BCUT2D eigenvalue weighted by atomic mass is 9.91. The first-order chi connectivity index (χ1) is 11.2. The third-order valence-electron chi connectivity index (χ3n) is 4.55. The Hall–Kier alpha value is -2.29. The Labute approximate surface area is 137 Å². The van der Waals surface area contributed by atoms with E-state index in [0.29, 0.717) is 6.54 Å². The second kappa shape index (κ2) is 6.86. The van der Waals surface area contributed by atoms with Gasteiger partial charge in [-0.15, -0.1) is 0 Å². The number of fused-ring (bicyclic) bond motifs is 1. The molecule has 120 valence electrons. The van der Waals surface area contributed by atoms with Gasteiger partial charge in [0.2, 0.25) is 0 Å². The van der Waals surface area contributed by atoms with Gasteiger partial charge in [-0.2, -0.15) is 0 Å². The van der Waals surface area contributed by atoms with Crippen LogP contribution in [0.2, 0.25) is 0 Å². The highest BCUT2D eigenvalue weighted by molar-refractivity contribution is 5.94. The molecule has 3 heteroatoms. The maximum absolute atomic E-state index is 12.9. The molecule has 1 amide bonds. The highest BCUT2D eigenvalue weighted by Gasteiger charge is 2.29. The van der Waals surface area contributed by atoms with Gasteiger partial charge >= 0.3 is 0 Å². The number of carbonyl (C=O) groups is 1. The molecule has 3 nitrogen and oxygen atoms in total. The van der Waals surface area contributed by atoms with Crippen molar-refractivity contribution >= 4 is 5.91 Å². The van der Waals surface area contributed by atoms with E-state index >= 15 is 0 Å². The largest absolute Gasteiger partial charge is 0.497 e. The summed E-state index contributed by atoms with van der Waals surface area (Å²) >= 11 is 0. The maximum Gasteiger partial charge on any atom is 0.254 e. The predicted molar refractivity (Wildman–Crippen MR) is 91.7 cm³/mol. The van der Waals surface area contributed by atoms with E-state index < -0.39 is 0 Å². The fourth-order valence-corrected chi connectivity index (χ4v) is 3.33. The van der Waals surface area contributed by atoms with Gasteiger partial charge in [0.15, 0.2) is 0 Å². The molecule has 0 saturated carbocycles. The zero-order valence-corrected chi connectivity index (χ0v) is 13.8. The Morgan fingerprint density at radius 3 is 2.65 bits per heavy atom. The van der Waals surface area contributed by atoms with Gasteiger partial charge in [0, 0.05) is 18.2 Å². The number of rotatable bonds is 4. The molecule has 1 aliphatic rings. The van der Waals surface area contributed by atoms with E-state index in [4.69, 9.17) is 4.74 Å². The highest BCUT2D eigenvalue weighted by atomic mass is 16.5. The standard InChI is InChI=1S/C20H23NO2/c1-3-7-18-12-16-10-11-19(23-2)13-17(16)14-21(18)20(22)15-8-5-4-6-9-15/h4-6,8-11,13,18H,3,7,12,14H2,1-2H3/t18-/m1/s1. The maximum atomic E-state index is 12.9. The van der Waals surface area contributed by atoms with Crippen LogP contribution in [0, 0.1) is 0 Å². The van der Waals surface area contributed by atoms with Crippen molar-refractivity contribution in [1.29, 1.82) is 0 Å². The topological polar surface area (TPSA) is 29.5 Å². The molecule has 0 N–H and O–H groups in total. The number of ether oxygens (including phenoxy) is 1. The number of carbonyl (C=O) groups excluding carboxylic acids is 1. The first-order valence-corrected chi connectivity index (χ1v) is 8.24. The molecule has 0 aromatic heterocycles. The van der Waals surface area contributed by atoms with Crippen molar-refractivity contribution in [3.8, 4) is 5.75 Å². The molecule has 2 aromatic carbocycles. The Morgan fingerprint density at radius 2 is 1.96 bits per heavy atom. The van der Waals surface area contributed by atoms with E-state index in [1.54, 1.807) is 7.11 Å². The number of hydrogen-bond acceptors (Lipinski definition) is 2. The molecule has 3 rings (SSSR count). The fourth-order valence-electron chi connectivity index (χ4n) is 3.33. The molecule has 0 aliphatic carbocycles. The average molecular weight is 309 g/mol. The summed E-state index contributed by atoms with van der Waals surface area (Å²) in [5, 5.41) is 0. The monoisotopic (exact) mass is 309 g/mol. The summed E-state index contributed by atoms with van der Waals surface area (Å²) in [6.45, 7) is 2.83. The first-order valence-electron chi connectivity index (χ1n) is 8.24. The minimum Gasteiger partial charge on any atom is -0.497 e. The molecule has 2 aromatic rings. The Morgan fingerprint density at radius 1 is 1.17 bits per heavy atom. The third kappa shape index (κ3) is 3.24. The molecule has 0 bridgehead atoms. The van der Waals surface area contributed by atoms with Gasteiger partial charge in [-0.05, 0) is 48.2 Å². The SMILES string of the molecule is CCC[C@@H]1Cc2ccc(OC)cc2CN1C(=O)c1ccccc1. The lowest BCUT2D eigenvalue weighted by molar-refractivity contribution is 0.0628. The highest BCUT2D eigenvalue weighted by Crippen LogP contribution is 2.29. The molecule has 0 saturated heterocycles. The van der Waals surface area contributed by atoms with Crippen LogP contribution < -0.4 is 4.74 Å². The molecular weight excluding hydrogens is 286 g/mol. The first kappa shape index (κ1) is 15.6. The number of nitrogens with zero attached hydrogens (tertiary/aromatic N) is 1. The summed E-state index contributed by atoms with van der Waals surface area (Å²) in [5.41, 5.74) is 3.29. The van der Waals surface area contributed by atoms with Gasteiger partial charge in [-0.25, -0.2) is 0 Å². The molecule has 1 heterocycles. The number of methoxy groups -OCH3 is 1. The van der Waals surface area contributed by atoms with Crippen LogP contribution in [0.5, 0.6) is 5.75 Å². The van der Waals surface area contributed by atoms with Gasteiger partial charge in [0.25, 0.3) is 5.91 Å². The van der Waals surface area contributed by atoms with Crippen molar-refractivity contribution in [2.24, 2.45) is 0 Å². The van der Waals surface area contributed by atoms with E-state index in [9.17, 15) is 4.79 Å². The van der Waals surface area contributed by atoms with Crippen LogP contribution in [-0.2, 0) is 13.0 Å². The van der Waals surface area contributed by atoms with E-state index in [0.717, 1.165) is 30.6 Å². The van der Waals surface area contributed by atoms with Crippen molar-refractivity contribution in [3.05, 3.63) is 65.2 Å². The fraction of sp³-hybridized carbons (Fsp3) is 0.350. The van der Waals surface area contributed by atoms with Crippen molar-refractivity contribution in [1.82, 2.24) is 4.90 Å². The van der Waals surface area contributed by atoms with Crippen LogP contribution >= 0.6 is 0 Å². The van der Waals surface area contributed by atoms with Gasteiger partial charge in [0.1, 0.15) is 5.75 Å². The quantitative estimate of drug-likeness (QED) is 0.852. The van der Waals surface area contributed by atoms with Gasteiger partial charge in [-0.3, -0.25) is 4.79 Å². The predicted octanol–water partition coefficient (Wildman–Crippen LogP) is 4.06. The number of amides is 1. The normalized spacial score (nSPS) is 16.8. The van der Waals surface area contributed by atoms with Crippen LogP contribution in [-0.4, -0.2) is 24.0 Å². The second-order valence-electron chi connectivity index (χ2n) is 6.08. The molecular formula is C20H23NO2. The lowest BCUT2D eigenvalue weighted by Gasteiger charge is -2.37. The van der Waals surface area contributed by atoms with E-state index in [1.807, 2.05) is 41.3 Å². The average Bonchev–Trinajstić information content (AvgIpc) is 2.61. The third-order valence-corrected chi connectivity index (χ3v) is 4.55. The molecule has 1 atom stereocenters. The van der Waals surface area contributed by atoms with Crippen molar-refractivity contribution in [2.45, 2.75) is 38.8 Å². The summed E-state index contributed by atoms with van der Waals surface area (Å²) in [4.78, 5) is 15.0. The van der Waals surface area contributed by atoms with Crippen LogP contribution in [0.4, 0.5) is 0 Å². The summed E-state index contributed by atoms with van der Waals surface area (Å²) in [6, 6.07) is 16.1. The summed E-state index contributed by atoms with van der Waals surface area (Å²) in [7, 11) is 1.68. The minimum absolute atomic E-state index is 0.123. The van der Waals surface area contributed by atoms with Crippen LogP contribution in [0.1, 0.15) is 41.3 Å². The smallest absolute Gasteiger partial charge is 0.254 e. The van der Waals surface area contributed by atoms with E-state index in [1.165, 1.54) is 11.1 Å². The molecule has 0 fully saturated rings. The Kier molecular flexibility index (Phi) is 4.65. The zero-order valence-electron chi connectivity index (χ0n) is 13.8. The molecule has 1 aliphatic heterocycles. The molecule has 0 radical (unpaired) electrons. The number of hydrogen-bond donors (Lipinski definition) is 0. The van der Waals surface area contributed by atoms with Crippen molar-refractivity contribution in [3.63, 3.8) is 0 Å². The molecule has 0 spiro atoms. The van der Waals surface area contributed by atoms with Gasteiger partial charge in [-0.1, -0.05) is 37.6 Å². The van der Waals surface area contributed by atoms with Crippen molar-refractivity contribution in [2.75, 3.05) is 7.11 Å². The van der Waals surface area contributed by atoms with Crippen LogP contribution in [0.15, 0.2) is 48.5 Å². The van der Waals surface area contributed by atoms with Crippen molar-refractivity contribution < 1.29 is 9.53 Å². The minimum atomic E-state index is 0.123. The molecule has 23 heavy (non-hydrogen) atoms. The molecule has 0 unspecified atom stereocenters. The summed E-state index contributed by atoms with van der Waals surface area (Å²) < 4.78 is 5.33. The van der Waals surface area contributed by atoms with Crippen LogP contribution in [0.25, 0.3) is 0 Å². The van der Waals surface area contributed by atoms with Crippen LogP contribution in [0.3, 0.4) is 0 Å². The zero-order chi connectivity index (χ0) is 16.2. The summed E-state index contributed by atoms with van der Waals surface area (Å²) in [6.07, 6.45) is 3.03. The number of benzene rings is 2. The Bertz CT molecular complexity index is 681. The summed E-state index contributed by atoms with van der Waals surface area (Å²) in [5.74, 6) is 0.974. The lowest BCUT2D eigenvalue weighted by Crippen LogP contribution is -2.44. The van der Waals surface area contributed by atoms with Gasteiger partial charge < -0.3 is 9.64 Å². The Balaban J connectivity index is 1.92. The van der Waals surface area contributed by atoms with E-state index in [2.05, 4.69) is 19.1 Å². The second-order valence-corrected chi connectivity index (χ2v) is 6.08. The van der Waals surface area contributed by atoms with Gasteiger partial charge in [0.05, 0.1) is 7.11 Å².